The minimum absolute atomic E-state index is 0.237. The van der Waals surface area contributed by atoms with Crippen molar-refractivity contribution in [3.8, 4) is 0 Å². The molecule has 0 unspecified atom stereocenters. The molecule has 1 aromatic carbocycles. The summed E-state index contributed by atoms with van der Waals surface area (Å²) in [6, 6.07) is 10.3. The van der Waals surface area contributed by atoms with Crippen LogP contribution >= 0.6 is 12.2 Å². The Balaban J connectivity index is 1.79. The number of benzene rings is 1. The van der Waals surface area contributed by atoms with E-state index in [1.165, 1.54) is 24.8 Å². The van der Waals surface area contributed by atoms with Crippen LogP contribution in [-0.4, -0.2) is 11.6 Å². The van der Waals surface area contributed by atoms with Gasteiger partial charge >= 0.3 is 0 Å². The van der Waals surface area contributed by atoms with Crippen LogP contribution in [0.25, 0.3) is 0 Å². The fourth-order valence-electron chi connectivity index (χ4n) is 2.38. The smallest absolute Gasteiger partial charge is 0.0733 e. The first kappa shape index (κ1) is 12.5. The molecule has 0 spiro atoms. The summed E-state index contributed by atoms with van der Waals surface area (Å²) in [5.41, 5.74) is 7.10. The van der Waals surface area contributed by atoms with Crippen molar-refractivity contribution in [3.63, 3.8) is 0 Å². The third-order valence-corrected chi connectivity index (χ3v) is 3.63. The predicted molar refractivity (Wildman–Crippen MR) is 73.8 cm³/mol. The van der Waals surface area contributed by atoms with E-state index in [1.807, 2.05) is 18.2 Å². The lowest BCUT2D eigenvalue weighted by molar-refractivity contribution is -0.00884. The van der Waals surface area contributed by atoms with Crippen LogP contribution in [0, 0.1) is 5.41 Å². The van der Waals surface area contributed by atoms with Crippen molar-refractivity contribution in [1.29, 1.82) is 0 Å². The Bertz CT molecular complexity index is 373. The Labute approximate surface area is 108 Å². The maximum Gasteiger partial charge on any atom is 0.0733 e. The molecule has 1 aliphatic rings. The van der Waals surface area contributed by atoms with Gasteiger partial charge in [0, 0.05) is 11.8 Å². The van der Waals surface area contributed by atoms with Gasteiger partial charge in [-0.25, -0.2) is 0 Å². The van der Waals surface area contributed by atoms with Crippen LogP contribution < -0.4 is 5.73 Å². The number of nitrogens with two attached hydrogens (primary N) is 1. The number of ether oxygens (including phenoxy) is 1. The van der Waals surface area contributed by atoms with Gasteiger partial charge in [0.2, 0.25) is 0 Å². The van der Waals surface area contributed by atoms with E-state index >= 15 is 0 Å². The van der Waals surface area contributed by atoms with E-state index in [2.05, 4.69) is 12.1 Å². The number of thiocarbonyl (C=S) groups is 1. The first-order valence-electron chi connectivity index (χ1n) is 6.10. The maximum absolute atomic E-state index is 5.81. The SMILES string of the molecule is NC(=S)CC1(COCc2ccccc2)CCC1. The highest BCUT2D eigenvalue weighted by molar-refractivity contribution is 7.80. The molecule has 0 amide bonds. The molecule has 2 nitrogen and oxygen atoms in total. The van der Waals surface area contributed by atoms with Crippen LogP contribution in [0.1, 0.15) is 31.2 Å². The molecule has 0 bridgehead atoms. The Morgan fingerprint density at radius 3 is 2.53 bits per heavy atom. The summed E-state index contributed by atoms with van der Waals surface area (Å²) in [5, 5.41) is 0. The van der Waals surface area contributed by atoms with Crippen LogP contribution in [-0.2, 0) is 11.3 Å². The van der Waals surface area contributed by atoms with Crippen LogP contribution in [0.3, 0.4) is 0 Å². The lowest BCUT2D eigenvalue weighted by atomic mass is 9.67. The molecule has 0 aromatic heterocycles. The summed E-state index contributed by atoms with van der Waals surface area (Å²) in [4.78, 5) is 0.619. The van der Waals surface area contributed by atoms with Crippen LogP contribution in [0.2, 0.25) is 0 Å². The summed E-state index contributed by atoms with van der Waals surface area (Å²) in [7, 11) is 0. The molecule has 1 aliphatic carbocycles. The zero-order chi connectivity index (χ0) is 12.1. The van der Waals surface area contributed by atoms with E-state index in [0.29, 0.717) is 11.6 Å². The number of hydrogen-bond donors (Lipinski definition) is 1. The van der Waals surface area contributed by atoms with Crippen molar-refractivity contribution < 1.29 is 4.74 Å². The molecule has 2 N–H and O–H groups in total. The second-order valence-corrected chi connectivity index (χ2v) is 5.50. The van der Waals surface area contributed by atoms with Gasteiger partial charge in [0.15, 0.2) is 0 Å². The normalized spacial score (nSPS) is 17.4. The quantitative estimate of drug-likeness (QED) is 0.787. The first-order chi connectivity index (χ1) is 8.20. The van der Waals surface area contributed by atoms with Crippen molar-refractivity contribution in [3.05, 3.63) is 35.9 Å². The Kier molecular flexibility index (Phi) is 4.13. The molecule has 0 radical (unpaired) electrons. The van der Waals surface area contributed by atoms with Crippen LogP contribution in [0.5, 0.6) is 0 Å². The number of hydrogen-bond acceptors (Lipinski definition) is 2. The van der Waals surface area contributed by atoms with E-state index in [0.717, 1.165) is 13.0 Å². The molecule has 1 aromatic rings. The topological polar surface area (TPSA) is 35.2 Å². The molecule has 0 saturated heterocycles. The zero-order valence-corrected chi connectivity index (χ0v) is 10.8. The fourth-order valence-corrected chi connectivity index (χ4v) is 2.68. The standard InChI is InChI=1S/C14H19NOS/c15-13(17)9-14(7-4-8-14)11-16-10-12-5-2-1-3-6-12/h1-3,5-6H,4,7-11H2,(H2,15,17). The fraction of sp³-hybridized carbons (Fsp3) is 0.500. The highest BCUT2D eigenvalue weighted by Crippen LogP contribution is 2.44. The highest BCUT2D eigenvalue weighted by Gasteiger charge is 2.37. The molecule has 1 fully saturated rings. The van der Waals surface area contributed by atoms with Gasteiger partial charge in [0.25, 0.3) is 0 Å². The predicted octanol–water partition coefficient (Wildman–Crippen LogP) is 3.05. The van der Waals surface area contributed by atoms with E-state index < -0.39 is 0 Å². The van der Waals surface area contributed by atoms with Crippen molar-refractivity contribution in [1.82, 2.24) is 0 Å². The van der Waals surface area contributed by atoms with Gasteiger partial charge in [-0.05, 0) is 18.4 Å². The molecule has 92 valence electrons. The Morgan fingerprint density at radius 1 is 1.29 bits per heavy atom. The summed E-state index contributed by atoms with van der Waals surface area (Å²) >= 11 is 5.01. The average Bonchev–Trinajstić information content (AvgIpc) is 2.26. The van der Waals surface area contributed by atoms with Gasteiger partial charge in [-0.2, -0.15) is 0 Å². The van der Waals surface area contributed by atoms with Gasteiger partial charge in [-0.1, -0.05) is 49.0 Å². The lowest BCUT2D eigenvalue weighted by Crippen LogP contribution is -2.37. The van der Waals surface area contributed by atoms with E-state index in [9.17, 15) is 0 Å². The molecule has 0 heterocycles. The Hall–Kier alpha value is -0.930. The van der Waals surface area contributed by atoms with Gasteiger partial charge in [0.1, 0.15) is 0 Å². The summed E-state index contributed by atoms with van der Waals surface area (Å²) in [6.45, 7) is 1.46. The van der Waals surface area contributed by atoms with Crippen molar-refractivity contribution in [2.75, 3.05) is 6.61 Å². The third kappa shape index (κ3) is 3.51. The van der Waals surface area contributed by atoms with Gasteiger partial charge in [-0.15, -0.1) is 0 Å². The molecule has 2 rings (SSSR count). The van der Waals surface area contributed by atoms with E-state index in [1.54, 1.807) is 0 Å². The molecular formula is C14H19NOS. The van der Waals surface area contributed by atoms with Gasteiger partial charge in [0.05, 0.1) is 18.2 Å². The Morgan fingerprint density at radius 2 is 2.00 bits per heavy atom. The molecular weight excluding hydrogens is 230 g/mol. The zero-order valence-electron chi connectivity index (χ0n) is 10.0. The maximum atomic E-state index is 5.81. The summed E-state index contributed by atoms with van der Waals surface area (Å²) in [6.07, 6.45) is 4.49. The summed E-state index contributed by atoms with van der Waals surface area (Å²) < 4.78 is 5.81. The van der Waals surface area contributed by atoms with Crippen molar-refractivity contribution in [2.24, 2.45) is 11.1 Å². The average molecular weight is 249 g/mol. The number of rotatable bonds is 6. The lowest BCUT2D eigenvalue weighted by Gasteiger charge is -2.41. The largest absolute Gasteiger partial charge is 0.393 e. The van der Waals surface area contributed by atoms with Gasteiger partial charge < -0.3 is 10.5 Å². The monoisotopic (exact) mass is 249 g/mol. The molecule has 1 saturated carbocycles. The molecule has 17 heavy (non-hydrogen) atoms. The highest BCUT2D eigenvalue weighted by atomic mass is 32.1. The van der Waals surface area contributed by atoms with E-state index in [-0.39, 0.29) is 5.41 Å². The minimum atomic E-state index is 0.237. The van der Waals surface area contributed by atoms with Gasteiger partial charge in [-0.3, -0.25) is 0 Å². The molecule has 0 atom stereocenters. The molecule has 0 aliphatic heterocycles. The third-order valence-electron chi connectivity index (χ3n) is 3.48. The van der Waals surface area contributed by atoms with E-state index in [4.69, 9.17) is 22.7 Å². The van der Waals surface area contributed by atoms with Crippen LogP contribution in [0.4, 0.5) is 0 Å². The molecule has 3 heteroatoms. The first-order valence-corrected chi connectivity index (χ1v) is 6.51. The minimum Gasteiger partial charge on any atom is -0.393 e. The van der Waals surface area contributed by atoms with Crippen molar-refractivity contribution >= 4 is 17.2 Å². The van der Waals surface area contributed by atoms with Crippen molar-refractivity contribution in [2.45, 2.75) is 32.3 Å². The van der Waals surface area contributed by atoms with Crippen LogP contribution in [0.15, 0.2) is 30.3 Å². The second kappa shape index (κ2) is 5.61. The summed E-state index contributed by atoms with van der Waals surface area (Å²) in [5.74, 6) is 0. The second-order valence-electron chi connectivity index (χ2n) is 4.98.